The molecule has 1 aromatic carbocycles. The van der Waals surface area contributed by atoms with Crippen LogP contribution in [0.3, 0.4) is 0 Å². The second-order valence-electron chi connectivity index (χ2n) is 6.29. The lowest BCUT2D eigenvalue weighted by atomic mass is 10.0. The zero-order valence-electron chi connectivity index (χ0n) is 14.5. The molecular weight excluding hydrogens is 387 g/mol. The van der Waals surface area contributed by atoms with E-state index in [0.29, 0.717) is 16.8 Å². The van der Waals surface area contributed by atoms with Gasteiger partial charge in [0.05, 0.1) is 16.1 Å². The summed E-state index contributed by atoms with van der Waals surface area (Å²) >= 11 is 1.41. The second-order valence-corrected chi connectivity index (χ2v) is 7.21. The number of benzene rings is 1. The van der Waals surface area contributed by atoms with Crippen LogP contribution in [0.5, 0.6) is 0 Å². The van der Waals surface area contributed by atoms with Crippen molar-refractivity contribution in [3.05, 3.63) is 70.7 Å². The molecule has 1 N–H and O–H groups in total. The summed E-state index contributed by atoms with van der Waals surface area (Å²) in [6.07, 6.45) is -2.33. The predicted octanol–water partition coefficient (Wildman–Crippen LogP) is 5.52. The van der Waals surface area contributed by atoms with Crippen molar-refractivity contribution in [2.24, 2.45) is 0 Å². The van der Waals surface area contributed by atoms with Crippen LogP contribution in [0.2, 0.25) is 0 Å². The molecule has 0 aliphatic heterocycles. The van der Waals surface area contributed by atoms with Gasteiger partial charge in [0.1, 0.15) is 0 Å². The zero-order chi connectivity index (χ0) is 19.7. The lowest BCUT2D eigenvalue weighted by molar-refractivity contribution is -0.137. The number of halogens is 3. The van der Waals surface area contributed by atoms with E-state index in [2.05, 4.69) is 15.2 Å². The molecule has 142 valence electrons. The number of hydrogen-bond donors (Lipinski definition) is 1. The number of hydrogen-bond acceptors (Lipinski definition) is 4. The van der Waals surface area contributed by atoms with Crippen molar-refractivity contribution in [1.82, 2.24) is 15.2 Å². The van der Waals surface area contributed by atoms with Gasteiger partial charge in [-0.15, -0.1) is 11.3 Å². The lowest BCUT2D eigenvalue weighted by Gasteiger charge is -2.08. The Morgan fingerprint density at radius 3 is 2.82 bits per heavy atom. The summed E-state index contributed by atoms with van der Waals surface area (Å²) in [5.74, 6) is -0.109. The van der Waals surface area contributed by atoms with Gasteiger partial charge in [0, 0.05) is 28.9 Å². The number of ketones is 1. The maximum Gasteiger partial charge on any atom is 0.416 e. The Hall–Kier alpha value is -3.00. The van der Waals surface area contributed by atoms with Crippen LogP contribution in [0.1, 0.15) is 27.9 Å². The standard InChI is InChI=1S/C20H14F3N3OS/c21-20(22,23)14-4-1-3-12(9-14)6-7-16(27)13-10-17(28-11-13)18-15-5-2-8-24-19(15)26-25-18/h1-5,8-11H,6-7H2,(H,24,25,26). The van der Waals surface area contributed by atoms with Crippen LogP contribution in [0.15, 0.2) is 54.0 Å². The van der Waals surface area contributed by atoms with Gasteiger partial charge in [-0.3, -0.25) is 9.89 Å². The van der Waals surface area contributed by atoms with Gasteiger partial charge >= 0.3 is 6.18 Å². The first kappa shape index (κ1) is 18.4. The molecule has 0 aliphatic rings. The van der Waals surface area contributed by atoms with E-state index in [-0.39, 0.29) is 18.6 Å². The van der Waals surface area contributed by atoms with Crippen molar-refractivity contribution in [3.63, 3.8) is 0 Å². The molecule has 0 unspecified atom stereocenters. The van der Waals surface area contributed by atoms with Crippen LogP contribution >= 0.6 is 11.3 Å². The number of aromatic amines is 1. The summed E-state index contributed by atoms with van der Waals surface area (Å²) in [5.41, 5.74) is 1.73. The number of fused-ring (bicyclic) bond motifs is 1. The molecule has 0 amide bonds. The third-order valence-electron chi connectivity index (χ3n) is 4.39. The third-order valence-corrected chi connectivity index (χ3v) is 5.34. The number of aryl methyl sites for hydroxylation is 1. The number of thiophene rings is 1. The molecule has 4 rings (SSSR count). The number of Topliss-reactive ketones (excluding diaryl/α,β-unsaturated/α-hetero) is 1. The largest absolute Gasteiger partial charge is 0.416 e. The molecule has 0 spiro atoms. The van der Waals surface area contributed by atoms with E-state index in [1.807, 2.05) is 12.1 Å². The van der Waals surface area contributed by atoms with Gasteiger partial charge < -0.3 is 0 Å². The zero-order valence-corrected chi connectivity index (χ0v) is 15.3. The number of nitrogens with one attached hydrogen (secondary N) is 1. The fourth-order valence-corrected chi connectivity index (χ4v) is 3.88. The van der Waals surface area contributed by atoms with E-state index < -0.39 is 11.7 Å². The van der Waals surface area contributed by atoms with E-state index >= 15 is 0 Å². The average molecular weight is 401 g/mol. The summed E-state index contributed by atoms with van der Waals surface area (Å²) < 4.78 is 38.4. The van der Waals surface area contributed by atoms with E-state index in [1.165, 1.54) is 17.4 Å². The molecule has 0 aliphatic carbocycles. The van der Waals surface area contributed by atoms with Crippen LogP contribution < -0.4 is 0 Å². The number of nitrogens with zero attached hydrogens (tertiary/aromatic N) is 2. The molecule has 0 bridgehead atoms. The normalized spacial score (nSPS) is 11.8. The van der Waals surface area contributed by atoms with Gasteiger partial charge in [-0.05, 0) is 36.2 Å². The molecule has 0 atom stereocenters. The van der Waals surface area contributed by atoms with Gasteiger partial charge in [0.2, 0.25) is 0 Å². The highest BCUT2D eigenvalue weighted by Gasteiger charge is 2.30. The molecule has 0 saturated carbocycles. The fourth-order valence-electron chi connectivity index (χ4n) is 2.96. The number of pyridine rings is 1. The molecule has 28 heavy (non-hydrogen) atoms. The predicted molar refractivity (Wildman–Crippen MR) is 101 cm³/mol. The highest BCUT2D eigenvalue weighted by molar-refractivity contribution is 7.14. The van der Waals surface area contributed by atoms with Gasteiger partial charge in [0.25, 0.3) is 0 Å². The molecule has 0 fully saturated rings. The molecule has 0 saturated heterocycles. The van der Waals surface area contributed by atoms with E-state index in [1.54, 1.807) is 23.7 Å². The van der Waals surface area contributed by atoms with Crippen LogP contribution in [0.25, 0.3) is 21.6 Å². The lowest BCUT2D eigenvalue weighted by Crippen LogP contribution is -2.06. The van der Waals surface area contributed by atoms with Crippen LogP contribution in [-0.2, 0) is 12.6 Å². The SMILES string of the molecule is O=C(CCc1cccc(C(F)(F)F)c1)c1csc(-c2[nH]nc3ncccc23)c1. The number of carbonyl (C=O) groups excluding carboxylic acids is 1. The van der Waals surface area contributed by atoms with E-state index in [4.69, 9.17) is 0 Å². The molecule has 4 nitrogen and oxygen atoms in total. The first-order chi connectivity index (χ1) is 13.4. The minimum absolute atomic E-state index is 0.109. The van der Waals surface area contributed by atoms with Crippen molar-refractivity contribution in [2.45, 2.75) is 19.0 Å². The van der Waals surface area contributed by atoms with Crippen LogP contribution in [0.4, 0.5) is 13.2 Å². The topological polar surface area (TPSA) is 58.6 Å². The third kappa shape index (κ3) is 3.68. The number of rotatable bonds is 5. The number of aromatic nitrogens is 3. The summed E-state index contributed by atoms with van der Waals surface area (Å²) in [6.45, 7) is 0. The molecular formula is C20H14F3N3OS. The Balaban J connectivity index is 1.48. The minimum atomic E-state index is -4.38. The summed E-state index contributed by atoms with van der Waals surface area (Å²) in [6, 6.07) is 10.6. The maximum absolute atomic E-state index is 12.8. The Labute approximate surface area is 162 Å². The van der Waals surface area contributed by atoms with Gasteiger partial charge in [-0.1, -0.05) is 18.2 Å². The second kappa shape index (κ2) is 7.20. The van der Waals surface area contributed by atoms with Gasteiger partial charge in [0.15, 0.2) is 11.4 Å². The van der Waals surface area contributed by atoms with Crippen molar-refractivity contribution < 1.29 is 18.0 Å². The quantitative estimate of drug-likeness (QED) is 0.448. The minimum Gasteiger partial charge on any atom is -0.294 e. The number of alkyl halides is 3. The molecule has 0 radical (unpaired) electrons. The highest BCUT2D eigenvalue weighted by atomic mass is 32.1. The van der Waals surface area contributed by atoms with Crippen LogP contribution in [-0.4, -0.2) is 21.0 Å². The maximum atomic E-state index is 12.8. The van der Waals surface area contributed by atoms with Crippen LogP contribution in [0, 0.1) is 0 Å². The Kier molecular flexibility index (Phi) is 4.72. The first-order valence-electron chi connectivity index (χ1n) is 8.49. The number of carbonyl (C=O) groups is 1. The molecule has 3 aromatic heterocycles. The monoisotopic (exact) mass is 401 g/mol. The molecule has 3 heterocycles. The fraction of sp³-hybridized carbons (Fsp3) is 0.150. The summed E-state index contributed by atoms with van der Waals surface area (Å²) in [7, 11) is 0. The van der Waals surface area contributed by atoms with Crippen molar-refractivity contribution in [3.8, 4) is 10.6 Å². The Bertz CT molecular complexity index is 1150. The van der Waals surface area contributed by atoms with Crippen molar-refractivity contribution in [1.29, 1.82) is 0 Å². The first-order valence-corrected chi connectivity index (χ1v) is 9.37. The molecule has 8 heteroatoms. The molecule has 4 aromatic rings. The Morgan fingerprint density at radius 2 is 2.00 bits per heavy atom. The van der Waals surface area contributed by atoms with E-state index in [0.717, 1.165) is 28.1 Å². The number of H-pyrrole nitrogens is 1. The Morgan fingerprint density at radius 1 is 1.14 bits per heavy atom. The van der Waals surface area contributed by atoms with Crippen molar-refractivity contribution in [2.75, 3.05) is 0 Å². The van der Waals surface area contributed by atoms with Gasteiger partial charge in [-0.25, -0.2) is 4.98 Å². The summed E-state index contributed by atoms with van der Waals surface area (Å²) in [5, 5.41) is 9.71. The smallest absolute Gasteiger partial charge is 0.294 e. The van der Waals surface area contributed by atoms with Gasteiger partial charge in [-0.2, -0.15) is 18.3 Å². The van der Waals surface area contributed by atoms with Crippen molar-refractivity contribution >= 4 is 28.2 Å². The van der Waals surface area contributed by atoms with E-state index in [9.17, 15) is 18.0 Å². The highest BCUT2D eigenvalue weighted by Crippen LogP contribution is 2.32. The summed E-state index contributed by atoms with van der Waals surface area (Å²) in [4.78, 5) is 17.5. The average Bonchev–Trinajstić information content (AvgIpc) is 3.32.